The van der Waals surface area contributed by atoms with Gasteiger partial charge in [-0.1, -0.05) is 49.7 Å². The van der Waals surface area contributed by atoms with E-state index >= 15 is 0 Å². The molecule has 172 valence electrons. The van der Waals surface area contributed by atoms with Crippen molar-refractivity contribution in [2.45, 2.75) is 87.4 Å². The van der Waals surface area contributed by atoms with E-state index in [1.54, 1.807) is 23.1 Å². The lowest BCUT2D eigenvalue weighted by Gasteiger charge is -2.32. The zero-order valence-corrected chi connectivity index (χ0v) is 21.2. The first-order valence-corrected chi connectivity index (χ1v) is 14.3. The molecule has 0 spiro atoms. The van der Waals surface area contributed by atoms with Crippen molar-refractivity contribution in [2.24, 2.45) is 0 Å². The molecule has 0 bridgehead atoms. The third kappa shape index (κ3) is 4.15. The standard InChI is InChI=1S/C22H29N5O2S3/c1-4-22(2)10-14-15(11-29-22)32-19-17(14)18-25-26-21(27(18)20(24-19)30-3)31-12-16(28)23-13-8-6-5-7-9-13/h13H,4-12H2,1-3H3,(H,23,28). The van der Waals surface area contributed by atoms with E-state index in [4.69, 9.17) is 9.72 Å². The minimum atomic E-state index is -0.162. The summed E-state index contributed by atoms with van der Waals surface area (Å²) in [5.74, 6) is 0.411. The number of hydrogen-bond acceptors (Lipinski definition) is 8. The van der Waals surface area contributed by atoms with E-state index < -0.39 is 0 Å². The van der Waals surface area contributed by atoms with Crippen LogP contribution in [0.15, 0.2) is 10.3 Å². The number of carbonyl (C=O) groups excluding carboxylic acids is 1. The molecule has 1 saturated carbocycles. The zero-order chi connectivity index (χ0) is 22.3. The molecule has 10 heteroatoms. The minimum absolute atomic E-state index is 0.0714. The molecule has 3 aromatic rings. The molecule has 0 aromatic carbocycles. The van der Waals surface area contributed by atoms with E-state index in [0.717, 1.165) is 51.9 Å². The van der Waals surface area contributed by atoms with Gasteiger partial charge in [-0.25, -0.2) is 9.38 Å². The van der Waals surface area contributed by atoms with Crippen LogP contribution >= 0.6 is 34.9 Å². The Hall–Kier alpha value is -1.36. The fourth-order valence-electron chi connectivity index (χ4n) is 4.62. The number of nitrogens with one attached hydrogen (secondary N) is 1. The van der Waals surface area contributed by atoms with Crippen molar-refractivity contribution in [2.75, 3.05) is 12.0 Å². The van der Waals surface area contributed by atoms with Gasteiger partial charge in [0.2, 0.25) is 5.91 Å². The van der Waals surface area contributed by atoms with E-state index in [1.165, 1.54) is 41.5 Å². The predicted molar refractivity (Wildman–Crippen MR) is 131 cm³/mol. The average Bonchev–Trinajstić information content (AvgIpc) is 3.38. The lowest BCUT2D eigenvalue weighted by Crippen LogP contribution is -2.37. The second kappa shape index (κ2) is 9.12. The van der Waals surface area contributed by atoms with Crippen LogP contribution < -0.4 is 5.32 Å². The molecule has 7 nitrogen and oxygen atoms in total. The van der Waals surface area contributed by atoms with Crippen molar-refractivity contribution < 1.29 is 9.53 Å². The first kappa shape index (κ1) is 22.4. The molecule has 1 N–H and O–H groups in total. The number of hydrogen-bond donors (Lipinski definition) is 1. The summed E-state index contributed by atoms with van der Waals surface area (Å²) in [7, 11) is 0. The maximum atomic E-state index is 12.5. The number of thioether (sulfide) groups is 2. The minimum Gasteiger partial charge on any atom is -0.369 e. The van der Waals surface area contributed by atoms with Gasteiger partial charge in [-0.2, -0.15) is 0 Å². The van der Waals surface area contributed by atoms with Gasteiger partial charge < -0.3 is 10.1 Å². The monoisotopic (exact) mass is 491 g/mol. The van der Waals surface area contributed by atoms with Crippen LogP contribution in [-0.2, 0) is 22.6 Å². The molecule has 32 heavy (non-hydrogen) atoms. The predicted octanol–water partition coefficient (Wildman–Crippen LogP) is 4.84. The van der Waals surface area contributed by atoms with Crippen LogP contribution in [-0.4, -0.2) is 49.1 Å². The summed E-state index contributed by atoms with van der Waals surface area (Å²) in [6.07, 6.45) is 9.70. The fourth-order valence-corrected chi connectivity index (χ4v) is 7.12. The van der Waals surface area contributed by atoms with Crippen LogP contribution in [0.4, 0.5) is 0 Å². The molecule has 3 aromatic heterocycles. The second-order valence-corrected chi connectivity index (χ2v) is 11.7. The molecule has 1 unspecified atom stereocenters. The maximum absolute atomic E-state index is 12.5. The summed E-state index contributed by atoms with van der Waals surface area (Å²) in [5.41, 5.74) is 1.97. The summed E-state index contributed by atoms with van der Waals surface area (Å²) < 4.78 is 8.18. The average molecular weight is 492 g/mol. The third-order valence-corrected chi connectivity index (χ3v) is 9.32. The Morgan fingerprint density at radius 1 is 1.28 bits per heavy atom. The van der Waals surface area contributed by atoms with Crippen molar-refractivity contribution in [3.8, 4) is 0 Å². The number of nitrogens with zero attached hydrogens (tertiary/aromatic N) is 4. The van der Waals surface area contributed by atoms with E-state index in [9.17, 15) is 4.79 Å². The van der Waals surface area contributed by atoms with Crippen molar-refractivity contribution in [1.29, 1.82) is 0 Å². The highest BCUT2D eigenvalue weighted by Crippen LogP contribution is 2.42. The van der Waals surface area contributed by atoms with E-state index in [0.29, 0.717) is 18.4 Å². The van der Waals surface area contributed by atoms with Crippen LogP contribution in [0.2, 0.25) is 0 Å². The van der Waals surface area contributed by atoms with Gasteiger partial charge in [0.15, 0.2) is 16.0 Å². The number of amides is 1. The molecule has 1 fully saturated rings. The van der Waals surface area contributed by atoms with Gasteiger partial charge in [0.25, 0.3) is 0 Å². The number of fused-ring (bicyclic) bond motifs is 5. The Kier molecular flexibility index (Phi) is 6.39. The Balaban J connectivity index is 1.45. The molecule has 1 aliphatic carbocycles. The molecular weight excluding hydrogens is 462 g/mol. The Morgan fingerprint density at radius 2 is 2.09 bits per heavy atom. The van der Waals surface area contributed by atoms with Gasteiger partial charge in [-0.05, 0) is 38.0 Å². The summed E-state index contributed by atoms with van der Waals surface area (Å²) >= 11 is 4.72. The normalized spacial score (nSPS) is 21.8. The third-order valence-electron chi connectivity index (χ3n) is 6.65. The second-order valence-electron chi connectivity index (χ2n) is 8.88. The summed E-state index contributed by atoms with van der Waals surface area (Å²) in [6.45, 7) is 4.97. The molecule has 5 rings (SSSR count). The van der Waals surface area contributed by atoms with Gasteiger partial charge in [-0.3, -0.25) is 4.79 Å². The number of aromatic nitrogens is 4. The maximum Gasteiger partial charge on any atom is 0.230 e. The van der Waals surface area contributed by atoms with E-state index in [2.05, 4.69) is 29.4 Å². The molecule has 1 aliphatic heterocycles. The van der Waals surface area contributed by atoms with Gasteiger partial charge >= 0.3 is 0 Å². The van der Waals surface area contributed by atoms with E-state index in [-0.39, 0.29) is 11.5 Å². The first-order chi connectivity index (χ1) is 15.5. The fraction of sp³-hybridized carbons (Fsp3) is 0.636. The molecular formula is C22H29N5O2S3. The highest BCUT2D eigenvalue weighted by atomic mass is 32.2. The van der Waals surface area contributed by atoms with Gasteiger partial charge in [0.05, 0.1) is 23.3 Å². The molecule has 0 saturated heterocycles. The first-order valence-electron chi connectivity index (χ1n) is 11.3. The van der Waals surface area contributed by atoms with Crippen molar-refractivity contribution in [3.63, 3.8) is 0 Å². The Bertz CT molecular complexity index is 1150. The number of carbonyl (C=O) groups is 1. The lowest BCUT2D eigenvalue weighted by molar-refractivity contribution is -0.119. The van der Waals surface area contributed by atoms with Crippen LogP contribution in [0.25, 0.3) is 15.9 Å². The lowest BCUT2D eigenvalue weighted by atomic mass is 9.90. The topological polar surface area (TPSA) is 81.4 Å². The van der Waals surface area contributed by atoms with Crippen LogP contribution in [0.1, 0.15) is 62.8 Å². The number of rotatable bonds is 6. The molecule has 0 radical (unpaired) electrons. The highest BCUT2D eigenvalue weighted by Gasteiger charge is 2.33. The van der Waals surface area contributed by atoms with Gasteiger partial charge in [0.1, 0.15) is 4.83 Å². The summed E-state index contributed by atoms with van der Waals surface area (Å²) in [4.78, 5) is 19.7. The van der Waals surface area contributed by atoms with Crippen LogP contribution in [0.3, 0.4) is 0 Å². The van der Waals surface area contributed by atoms with Crippen molar-refractivity contribution in [1.82, 2.24) is 24.9 Å². The van der Waals surface area contributed by atoms with E-state index in [1.807, 2.05) is 10.7 Å². The number of ether oxygens (including phenoxy) is 1. The van der Waals surface area contributed by atoms with Crippen molar-refractivity contribution in [3.05, 3.63) is 10.4 Å². The number of thiophene rings is 1. The van der Waals surface area contributed by atoms with Gasteiger partial charge in [0, 0.05) is 17.3 Å². The highest BCUT2D eigenvalue weighted by molar-refractivity contribution is 8.00. The van der Waals surface area contributed by atoms with Crippen molar-refractivity contribution >= 4 is 56.6 Å². The molecule has 1 atom stereocenters. The molecule has 1 amide bonds. The molecule has 2 aliphatic rings. The molecule has 4 heterocycles. The van der Waals surface area contributed by atoms with Gasteiger partial charge in [-0.15, -0.1) is 21.5 Å². The quantitative estimate of drug-likeness (QED) is 0.390. The largest absolute Gasteiger partial charge is 0.369 e. The smallest absolute Gasteiger partial charge is 0.230 e. The SMILES string of the molecule is CCC1(C)Cc2c(sc3nc(SC)n4c(SCC(=O)NC5CCCCC5)nnc4c23)CO1. The Labute approximate surface area is 200 Å². The summed E-state index contributed by atoms with van der Waals surface area (Å²) in [5, 5.41) is 14.9. The summed E-state index contributed by atoms with van der Waals surface area (Å²) in [6, 6.07) is 0.322. The zero-order valence-electron chi connectivity index (χ0n) is 18.8. The Morgan fingerprint density at radius 3 is 2.84 bits per heavy atom. The van der Waals surface area contributed by atoms with Crippen LogP contribution in [0.5, 0.6) is 0 Å². The van der Waals surface area contributed by atoms with Crippen LogP contribution in [0, 0.1) is 0 Å².